The van der Waals surface area contributed by atoms with E-state index in [1.54, 1.807) is 23.1 Å². The third kappa shape index (κ3) is 4.43. The van der Waals surface area contributed by atoms with Crippen LogP contribution >= 0.6 is 0 Å². The summed E-state index contributed by atoms with van der Waals surface area (Å²) in [5.74, 6) is -0.424. The van der Waals surface area contributed by atoms with Crippen molar-refractivity contribution in [3.05, 3.63) is 64.5 Å². The van der Waals surface area contributed by atoms with E-state index in [0.717, 1.165) is 44.3 Å². The zero-order valence-electron chi connectivity index (χ0n) is 21.0. The first-order chi connectivity index (χ1) is 18.4. The fourth-order valence-electron chi connectivity index (χ4n) is 6.34. The van der Waals surface area contributed by atoms with Crippen molar-refractivity contribution >= 4 is 17.7 Å². The van der Waals surface area contributed by atoms with Crippen LogP contribution in [0.4, 0.5) is 4.39 Å². The Balaban J connectivity index is 1.11. The first-order valence-electron chi connectivity index (χ1n) is 13.3. The molecule has 1 unspecified atom stereocenters. The molecule has 0 radical (unpaired) electrons. The molecule has 3 fully saturated rings. The Morgan fingerprint density at radius 1 is 1.03 bits per heavy atom. The van der Waals surface area contributed by atoms with Crippen molar-refractivity contribution in [1.29, 1.82) is 5.26 Å². The normalized spacial score (nSPS) is 25.9. The van der Waals surface area contributed by atoms with Gasteiger partial charge in [0.25, 0.3) is 5.91 Å². The summed E-state index contributed by atoms with van der Waals surface area (Å²) >= 11 is 0. The van der Waals surface area contributed by atoms with Gasteiger partial charge < -0.3 is 9.64 Å². The number of benzene rings is 2. The van der Waals surface area contributed by atoms with Crippen LogP contribution in [0.25, 0.3) is 0 Å². The van der Waals surface area contributed by atoms with E-state index in [1.807, 2.05) is 18.2 Å². The Kier molecular flexibility index (Phi) is 6.36. The van der Waals surface area contributed by atoms with Crippen molar-refractivity contribution in [1.82, 2.24) is 15.1 Å². The Morgan fingerprint density at radius 3 is 2.61 bits per heavy atom. The van der Waals surface area contributed by atoms with Gasteiger partial charge in [-0.15, -0.1) is 0 Å². The molecule has 196 valence electrons. The molecule has 1 saturated carbocycles. The third-order valence-electron chi connectivity index (χ3n) is 8.40. The number of piperidine rings is 1. The number of hydrogen-bond donors (Lipinski definition) is 1. The highest BCUT2D eigenvalue weighted by Gasteiger charge is 2.41. The number of carbonyl (C=O) groups is 3. The highest BCUT2D eigenvalue weighted by Crippen LogP contribution is 2.37. The fourth-order valence-corrected chi connectivity index (χ4v) is 6.34. The van der Waals surface area contributed by atoms with Crippen molar-refractivity contribution in [2.45, 2.75) is 69.2 Å². The van der Waals surface area contributed by atoms with Crippen LogP contribution in [0.2, 0.25) is 0 Å². The lowest BCUT2D eigenvalue weighted by Gasteiger charge is -2.48. The summed E-state index contributed by atoms with van der Waals surface area (Å²) in [7, 11) is 0. The van der Waals surface area contributed by atoms with E-state index in [9.17, 15) is 18.8 Å². The summed E-state index contributed by atoms with van der Waals surface area (Å²) in [6.07, 6.45) is 4.70. The monoisotopic (exact) mass is 516 g/mol. The van der Waals surface area contributed by atoms with Gasteiger partial charge in [-0.05, 0) is 67.1 Å². The summed E-state index contributed by atoms with van der Waals surface area (Å²) in [4.78, 5) is 40.7. The third-order valence-corrected chi connectivity index (χ3v) is 8.40. The molecule has 2 aromatic rings. The number of nitriles is 1. The minimum atomic E-state index is -0.639. The molecular formula is C29H29FN4O4. The molecule has 3 amide bonds. The topological polar surface area (TPSA) is 103 Å². The van der Waals surface area contributed by atoms with Crippen LogP contribution in [0, 0.1) is 17.1 Å². The van der Waals surface area contributed by atoms with Crippen LogP contribution < -0.4 is 10.1 Å². The Bertz CT molecular complexity index is 1350. The van der Waals surface area contributed by atoms with Gasteiger partial charge in [-0.3, -0.25) is 24.6 Å². The fraction of sp³-hybridized carbons (Fsp3) is 0.448. The van der Waals surface area contributed by atoms with Gasteiger partial charge in [-0.2, -0.15) is 5.26 Å². The van der Waals surface area contributed by atoms with Crippen molar-refractivity contribution in [3.8, 4) is 11.8 Å². The second kappa shape index (κ2) is 9.84. The van der Waals surface area contributed by atoms with Crippen LogP contribution in [0.15, 0.2) is 36.4 Å². The summed E-state index contributed by atoms with van der Waals surface area (Å²) in [5, 5.41) is 11.3. The van der Waals surface area contributed by atoms with Crippen molar-refractivity contribution in [2.75, 3.05) is 13.1 Å². The van der Waals surface area contributed by atoms with Crippen molar-refractivity contribution < 1.29 is 23.5 Å². The lowest BCUT2D eigenvalue weighted by atomic mass is 9.84. The maximum Gasteiger partial charge on any atom is 0.255 e. The van der Waals surface area contributed by atoms with E-state index >= 15 is 0 Å². The summed E-state index contributed by atoms with van der Waals surface area (Å²) in [5.41, 5.74) is 2.39. The summed E-state index contributed by atoms with van der Waals surface area (Å²) in [6, 6.07) is 11.8. The smallest absolute Gasteiger partial charge is 0.255 e. The summed E-state index contributed by atoms with van der Waals surface area (Å²) in [6.45, 7) is 1.83. The van der Waals surface area contributed by atoms with E-state index in [0.29, 0.717) is 35.4 Å². The lowest BCUT2D eigenvalue weighted by Crippen LogP contribution is -2.57. The van der Waals surface area contributed by atoms with Gasteiger partial charge in [-0.25, -0.2) is 4.39 Å². The predicted molar refractivity (Wildman–Crippen MR) is 135 cm³/mol. The minimum Gasteiger partial charge on any atom is -0.489 e. The van der Waals surface area contributed by atoms with E-state index in [1.165, 1.54) is 6.07 Å². The molecule has 3 heterocycles. The van der Waals surface area contributed by atoms with Gasteiger partial charge >= 0.3 is 0 Å². The molecule has 6 rings (SSSR count). The molecule has 0 aromatic heterocycles. The van der Waals surface area contributed by atoms with Crippen LogP contribution in [0.1, 0.15) is 71.5 Å². The molecule has 2 saturated heterocycles. The number of nitrogens with zero attached hydrogens (tertiary/aromatic N) is 3. The Morgan fingerprint density at radius 2 is 1.84 bits per heavy atom. The zero-order valence-corrected chi connectivity index (χ0v) is 21.0. The van der Waals surface area contributed by atoms with Gasteiger partial charge in [0, 0.05) is 43.6 Å². The van der Waals surface area contributed by atoms with Gasteiger partial charge in [0.2, 0.25) is 11.8 Å². The minimum absolute atomic E-state index is 0.00287. The van der Waals surface area contributed by atoms with Crippen LogP contribution in [-0.4, -0.2) is 58.8 Å². The number of fused-ring (bicyclic) bond motifs is 1. The first kappa shape index (κ1) is 24.6. The number of halogens is 1. The van der Waals surface area contributed by atoms with Crippen LogP contribution in [0.5, 0.6) is 5.75 Å². The van der Waals surface area contributed by atoms with Gasteiger partial charge in [0.1, 0.15) is 23.7 Å². The highest BCUT2D eigenvalue weighted by atomic mass is 19.1. The molecule has 9 heteroatoms. The molecule has 8 nitrogen and oxygen atoms in total. The molecule has 0 bridgehead atoms. The number of ether oxygens (including phenoxy) is 1. The van der Waals surface area contributed by atoms with E-state index in [-0.39, 0.29) is 42.1 Å². The Labute approximate surface area is 220 Å². The van der Waals surface area contributed by atoms with Crippen LogP contribution in [-0.2, 0) is 16.1 Å². The molecule has 1 aliphatic carbocycles. The number of imide groups is 1. The maximum absolute atomic E-state index is 14.5. The second-order valence-corrected chi connectivity index (χ2v) is 10.7. The lowest BCUT2D eigenvalue weighted by molar-refractivity contribution is -0.136. The number of carbonyl (C=O) groups excluding carboxylic acids is 3. The first-order valence-corrected chi connectivity index (χ1v) is 13.3. The molecular weight excluding hydrogens is 487 g/mol. The number of likely N-dealkylation sites (tertiary alicyclic amines) is 1. The zero-order chi connectivity index (χ0) is 26.4. The number of rotatable bonds is 5. The van der Waals surface area contributed by atoms with Crippen molar-refractivity contribution in [2.24, 2.45) is 0 Å². The predicted octanol–water partition coefficient (Wildman–Crippen LogP) is 3.25. The molecule has 1 N–H and O–H groups in total. The number of nitrogens with one attached hydrogen (secondary N) is 1. The number of hydrogen-bond acceptors (Lipinski definition) is 6. The molecule has 3 atom stereocenters. The van der Waals surface area contributed by atoms with Gasteiger partial charge in [0.15, 0.2) is 0 Å². The quantitative estimate of drug-likeness (QED) is 0.612. The van der Waals surface area contributed by atoms with E-state index < -0.39 is 11.9 Å². The van der Waals surface area contributed by atoms with Gasteiger partial charge in [-0.1, -0.05) is 12.5 Å². The maximum atomic E-state index is 14.5. The molecule has 38 heavy (non-hydrogen) atoms. The summed E-state index contributed by atoms with van der Waals surface area (Å²) < 4.78 is 21.0. The molecule has 3 aliphatic heterocycles. The van der Waals surface area contributed by atoms with Gasteiger partial charge in [0.05, 0.1) is 11.6 Å². The SMILES string of the molecule is N#Cc1ccc(C2CN([C@@H]3CCCC[C@@H]3Oc3ccc4c(c3)CN(C3CCC(=O)NC3=O)C4=O)C2)c(F)c1. The molecule has 2 aromatic carbocycles. The molecule has 0 spiro atoms. The molecule has 4 aliphatic rings. The van der Waals surface area contributed by atoms with E-state index in [4.69, 9.17) is 10.00 Å². The highest BCUT2D eigenvalue weighted by molar-refractivity contribution is 6.05. The Hall–Kier alpha value is -3.77. The van der Waals surface area contributed by atoms with Crippen molar-refractivity contribution in [3.63, 3.8) is 0 Å². The standard InChI is InChI=1S/C29H29FN4O4/c30-23-11-17(13-31)5-7-21(23)19-14-33(15-19)24-3-1-2-4-26(24)38-20-6-8-22-18(12-20)16-34(29(22)37)25-9-10-27(35)32-28(25)36/h5-8,11-12,19,24-26H,1-4,9-10,14-16H2,(H,32,35,36)/t24-,25?,26+/m1/s1. The average molecular weight is 517 g/mol. The van der Waals surface area contributed by atoms with E-state index in [2.05, 4.69) is 10.2 Å². The second-order valence-electron chi connectivity index (χ2n) is 10.7. The van der Waals surface area contributed by atoms with Crippen LogP contribution in [0.3, 0.4) is 0 Å². The average Bonchev–Trinajstić information content (AvgIpc) is 3.20. The number of amides is 3. The largest absolute Gasteiger partial charge is 0.489 e.